The molecule has 0 spiro atoms. The fourth-order valence-corrected chi connectivity index (χ4v) is 3.11. The molecule has 1 aromatic heterocycles. The molecule has 0 fully saturated rings. The molecule has 29 heavy (non-hydrogen) atoms. The van der Waals surface area contributed by atoms with Crippen molar-refractivity contribution in [1.29, 1.82) is 0 Å². The first-order valence-corrected chi connectivity index (χ1v) is 9.10. The van der Waals surface area contributed by atoms with Crippen LogP contribution in [0.3, 0.4) is 0 Å². The first kappa shape index (κ1) is 18.6. The molecule has 0 unspecified atom stereocenters. The number of amides is 1. The van der Waals surface area contributed by atoms with Gasteiger partial charge in [0, 0.05) is 16.1 Å². The molecule has 0 aliphatic heterocycles. The molecule has 0 atom stereocenters. The van der Waals surface area contributed by atoms with Crippen LogP contribution in [0.5, 0.6) is 0 Å². The Hall–Kier alpha value is -3.77. The van der Waals surface area contributed by atoms with E-state index in [-0.39, 0.29) is 22.9 Å². The molecule has 2 N–H and O–H groups in total. The van der Waals surface area contributed by atoms with E-state index in [0.717, 1.165) is 0 Å². The predicted molar refractivity (Wildman–Crippen MR) is 112 cm³/mol. The highest BCUT2D eigenvalue weighted by atomic mass is 35.5. The second-order valence-corrected chi connectivity index (χ2v) is 6.71. The summed E-state index contributed by atoms with van der Waals surface area (Å²) in [5.41, 5.74) is 0.947. The van der Waals surface area contributed by atoms with Crippen LogP contribution in [0.1, 0.15) is 26.5 Å². The number of para-hydroxylation sites is 1. The number of halogens is 1. The van der Waals surface area contributed by atoms with Gasteiger partial charge in [0.1, 0.15) is 0 Å². The van der Waals surface area contributed by atoms with Crippen LogP contribution in [0.2, 0.25) is 5.02 Å². The monoisotopic (exact) mass is 403 g/mol. The van der Waals surface area contributed by atoms with Crippen LogP contribution in [0.4, 0.5) is 5.69 Å². The zero-order valence-electron chi connectivity index (χ0n) is 15.0. The molecular formula is C22H14ClN3O3. The first-order chi connectivity index (χ1) is 14.0. The van der Waals surface area contributed by atoms with Gasteiger partial charge in [0.05, 0.1) is 16.6 Å². The van der Waals surface area contributed by atoms with Crippen LogP contribution in [0.25, 0.3) is 10.9 Å². The van der Waals surface area contributed by atoms with Gasteiger partial charge in [-0.2, -0.15) is 0 Å². The van der Waals surface area contributed by atoms with Crippen LogP contribution in [0, 0.1) is 0 Å². The zero-order chi connectivity index (χ0) is 20.4. The van der Waals surface area contributed by atoms with Gasteiger partial charge in [-0.15, -0.1) is 0 Å². The highest BCUT2D eigenvalue weighted by Crippen LogP contribution is 2.24. The van der Waals surface area contributed by atoms with Crippen molar-refractivity contribution in [2.75, 3.05) is 5.32 Å². The summed E-state index contributed by atoms with van der Waals surface area (Å²) in [6.07, 6.45) is 0. The van der Waals surface area contributed by atoms with Crippen LogP contribution in [0.15, 0.2) is 77.6 Å². The third kappa shape index (κ3) is 3.79. The maximum absolute atomic E-state index is 12.9. The second kappa shape index (κ2) is 7.69. The SMILES string of the molecule is O=C(Nc1ccc(Cl)cc1C(=O)c1ccccc1)c1nc2ccccc2c(=O)[nH]1. The minimum Gasteiger partial charge on any atom is -0.319 e. The molecule has 4 rings (SSSR count). The standard InChI is InChI=1S/C22H14ClN3O3/c23-14-10-11-18(16(12-14)19(27)13-6-2-1-3-7-13)25-22(29)20-24-17-9-5-4-8-15(17)21(28)26-20/h1-12H,(H,25,29)(H,24,26,28). The minimum atomic E-state index is -0.641. The Labute approximate surface area is 170 Å². The summed E-state index contributed by atoms with van der Waals surface area (Å²) in [6, 6.07) is 20.0. The number of hydrogen-bond donors (Lipinski definition) is 2. The number of H-pyrrole nitrogens is 1. The van der Waals surface area contributed by atoms with E-state index in [1.165, 1.54) is 12.1 Å². The molecule has 0 saturated carbocycles. The third-order valence-corrected chi connectivity index (χ3v) is 4.57. The van der Waals surface area contributed by atoms with E-state index >= 15 is 0 Å². The van der Waals surface area contributed by atoms with E-state index in [4.69, 9.17) is 11.6 Å². The van der Waals surface area contributed by atoms with Gasteiger partial charge in [-0.25, -0.2) is 4.98 Å². The zero-order valence-corrected chi connectivity index (χ0v) is 15.7. The summed E-state index contributed by atoms with van der Waals surface area (Å²) >= 11 is 6.06. The highest BCUT2D eigenvalue weighted by Gasteiger charge is 2.18. The number of aromatic amines is 1. The van der Waals surface area contributed by atoms with E-state index in [0.29, 0.717) is 21.5 Å². The van der Waals surface area contributed by atoms with Crippen LogP contribution in [-0.4, -0.2) is 21.7 Å². The lowest BCUT2D eigenvalue weighted by molar-refractivity contribution is 0.101. The van der Waals surface area contributed by atoms with E-state index in [1.807, 2.05) is 0 Å². The normalized spacial score (nSPS) is 10.7. The number of nitrogens with one attached hydrogen (secondary N) is 2. The third-order valence-electron chi connectivity index (χ3n) is 4.34. The number of benzene rings is 3. The van der Waals surface area contributed by atoms with Crippen molar-refractivity contribution < 1.29 is 9.59 Å². The predicted octanol–water partition coefficient (Wildman–Crippen LogP) is 4.06. The minimum absolute atomic E-state index is 0.151. The molecule has 3 aromatic carbocycles. The highest BCUT2D eigenvalue weighted by molar-refractivity contribution is 6.31. The van der Waals surface area contributed by atoms with E-state index in [2.05, 4.69) is 15.3 Å². The van der Waals surface area contributed by atoms with Crippen LogP contribution < -0.4 is 10.9 Å². The summed E-state index contributed by atoms with van der Waals surface area (Å²) < 4.78 is 0. The number of hydrogen-bond acceptors (Lipinski definition) is 4. The largest absolute Gasteiger partial charge is 0.319 e. The van der Waals surface area contributed by atoms with Crippen molar-refractivity contribution in [1.82, 2.24) is 9.97 Å². The summed E-state index contributed by atoms with van der Waals surface area (Å²) in [4.78, 5) is 44.5. The molecule has 0 bridgehead atoms. The molecule has 0 aliphatic rings. The fraction of sp³-hybridized carbons (Fsp3) is 0. The number of ketones is 1. The summed E-state index contributed by atoms with van der Waals surface area (Å²) in [6.45, 7) is 0. The second-order valence-electron chi connectivity index (χ2n) is 6.27. The number of fused-ring (bicyclic) bond motifs is 1. The quantitative estimate of drug-likeness (QED) is 0.502. The number of anilines is 1. The Morgan fingerprint density at radius 2 is 1.66 bits per heavy atom. The lowest BCUT2D eigenvalue weighted by Crippen LogP contribution is -2.22. The Morgan fingerprint density at radius 1 is 0.931 bits per heavy atom. The molecular weight excluding hydrogens is 390 g/mol. The Balaban J connectivity index is 1.71. The summed E-state index contributed by atoms with van der Waals surface area (Å²) in [5, 5.41) is 3.39. The Kier molecular flexibility index (Phi) is 4.93. The average molecular weight is 404 g/mol. The first-order valence-electron chi connectivity index (χ1n) is 8.72. The molecule has 1 amide bonds. The van der Waals surface area contributed by atoms with Gasteiger partial charge in [0.15, 0.2) is 11.6 Å². The number of carbonyl (C=O) groups is 2. The van der Waals surface area contributed by atoms with Crippen LogP contribution in [-0.2, 0) is 0 Å². The van der Waals surface area contributed by atoms with E-state index in [1.54, 1.807) is 60.7 Å². The fourth-order valence-electron chi connectivity index (χ4n) is 2.93. The van der Waals surface area contributed by atoms with Gasteiger partial charge in [-0.05, 0) is 30.3 Å². The Morgan fingerprint density at radius 3 is 2.45 bits per heavy atom. The molecule has 6 nitrogen and oxygen atoms in total. The summed E-state index contributed by atoms with van der Waals surface area (Å²) in [7, 11) is 0. The van der Waals surface area contributed by atoms with Gasteiger partial charge in [0.25, 0.3) is 11.5 Å². The average Bonchev–Trinajstić information content (AvgIpc) is 2.75. The molecule has 0 saturated heterocycles. The molecule has 7 heteroatoms. The lowest BCUT2D eigenvalue weighted by atomic mass is 10.0. The molecule has 142 valence electrons. The van der Waals surface area contributed by atoms with Crippen molar-refractivity contribution in [3.05, 3.63) is 105 Å². The van der Waals surface area contributed by atoms with Gasteiger partial charge in [-0.1, -0.05) is 54.1 Å². The molecule has 0 aliphatic carbocycles. The summed E-state index contributed by atoms with van der Waals surface area (Å²) in [5.74, 6) is -1.08. The number of nitrogens with zero attached hydrogens (tertiary/aromatic N) is 1. The maximum Gasteiger partial charge on any atom is 0.291 e. The van der Waals surface area contributed by atoms with Crippen LogP contribution >= 0.6 is 11.6 Å². The van der Waals surface area contributed by atoms with Crippen molar-refractivity contribution in [3.63, 3.8) is 0 Å². The van der Waals surface area contributed by atoms with Gasteiger partial charge >= 0.3 is 0 Å². The number of rotatable bonds is 4. The topological polar surface area (TPSA) is 91.9 Å². The molecule has 0 radical (unpaired) electrons. The molecule has 4 aromatic rings. The van der Waals surface area contributed by atoms with E-state index < -0.39 is 11.5 Å². The van der Waals surface area contributed by atoms with Crippen molar-refractivity contribution >= 4 is 39.9 Å². The number of carbonyl (C=O) groups excluding carboxylic acids is 2. The van der Waals surface area contributed by atoms with Crippen molar-refractivity contribution in [2.45, 2.75) is 0 Å². The smallest absolute Gasteiger partial charge is 0.291 e. The lowest BCUT2D eigenvalue weighted by Gasteiger charge is -2.11. The van der Waals surface area contributed by atoms with Gasteiger partial charge < -0.3 is 10.3 Å². The van der Waals surface area contributed by atoms with Gasteiger partial charge in [-0.3, -0.25) is 14.4 Å². The van der Waals surface area contributed by atoms with Crippen molar-refractivity contribution in [2.24, 2.45) is 0 Å². The molecule has 1 heterocycles. The maximum atomic E-state index is 12.9. The van der Waals surface area contributed by atoms with Crippen molar-refractivity contribution in [3.8, 4) is 0 Å². The van der Waals surface area contributed by atoms with Gasteiger partial charge in [0.2, 0.25) is 0 Å². The Bertz CT molecular complexity index is 1300. The van der Waals surface area contributed by atoms with E-state index in [9.17, 15) is 14.4 Å². The number of aromatic nitrogens is 2.